The van der Waals surface area contributed by atoms with E-state index in [2.05, 4.69) is 5.32 Å². The Morgan fingerprint density at radius 1 is 0.820 bits per heavy atom. The molecule has 1 aromatic heterocycles. The fraction of sp³-hybridized carbons (Fsp3) is 0.171. The average Bonchev–Trinajstić information content (AvgIpc) is 3.67. The van der Waals surface area contributed by atoms with Crippen molar-refractivity contribution in [2.45, 2.75) is 23.6 Å². The van der Waals surface area contributed by atoms with E-state index in [1.54, 1.807) is 18.2 Å². The molecule has 0 aliphatic carbocycles. The van der Waals surface area contributed by atoms with Gasteiger partial charge in [0.05, 0.1) is 29.3 Å². The molecule has 0 bridgehead atoms. The van der Waals surface area contributed by atoms with Crippen LogP contribution in [0.2, 0.25) is 0 Å². The van der Waals surface area contributed by atoms with Gasteiger partial charge in [0.15, 0.2) is 23.0 Å². The number of alkyl halides is 3. The summed E-state index contributed by atoms with van der Waals surface area (Å²) in [5.41, 5.74) is 5.45. The molecule has 318 valence electrons. The number of amides is 1. The third kappa shape index (κ3) is 11.8. The number of hydrogen-bond donors (Lipinski definition) is 4. The van der Waals surface area contributed by atoms with Crippen molar-refractivity contribution in [3.63, 3.8) is 0 Å². The number of thiophene rings is 1. The Morgan fingerprint density at radius 2 is 1.48 bits per heavy atom. The van der Waals surface area contributed by atoms with E-state index in [4.69, 9.17) is 34.5 Å². The zero-order chi connectivity index (χ0) is 43.6. The van der Waals surface area contributed by atoms with Crippen molar-refractivity contribution >= 4 is 45.1 Å². The number of halogens is 3. The molecule has 0 aliphatic rings. The van der Waals surface area contributed by atoms with Gasteiger partial charge in [-0.3, -0.25) is 4.79 Å². The zero-order valence-electron chi connectivity index (χ0n) is 31.8. The minimum absolute atomic E-state index is 0.00307. The molecule has 5 N–H and O–H groups in total. The lowest BCUT2D eigenvalue weighted by Gasteiger charge is -2.17. The number of fused-ring (bicyclic) bond motifs is 1. The van der Waals surface area contributed by atoms with E-state index in [0.29, 0.717) is 33.2 Å². The summed E-state index contributed by atoms with van der Waals surface area (Å²) in [5, 5.41) is 12.1. The van der Waals surface area contributed by atoms with Gasteiger partial charge in [-0.1, -0.05) is 66.7 Å². The molecule has 0 radical (unpaired) electrons. The Morgan fingerprint density at radius 3 is 2.13 bits per heavy atom. The first-order valence-corrected chi connectivity index (χ1v) is 22.0. The van der Waals surface area contributed by atoms with Crippen LogP contribution >= 0.6 is 19.1 Å². The average molecular weight is 897 g/mol. The molecular weight excluding hydrogens is 861 g/mol. The summed E-state index contributed by atoms with van der Waals surface area (Å²) >= 11 is 0.686. The van der Waals surface area contributed by atoms with Gasteiger partial charge in [-0.25, -0.2) is 13.0 Å². The van der Waals surface area contributed by atoms with Gasteiger partial charge in [0, 0.05) is 17.3 Å². The summed E-state index contributed by atoms with van der Waals surface area (Å²) in [7, 11) is -10.2. The molecular formula is C41H36F3N4O10PS2. The number of para-hydroxylation sites is 1. The van der Waals surface area contributed by atoms with Crippen LogP contribution in [-0.2, 0) is 34.0 Å². The van der Waals surface area contributed by atoms with Crippen LogP contribution in [0.25, 0.3) is 10.1 Å². The van der Waals surface area contributed by atoms with Crippen molar-refractivity contribution in [3.05, 3.63) is 143 Å². The van der Waals surface area contributed by atoms with Gasteiger partial charge >= 0.3 is 13.9 Å². The second-order valence-corrected chi connectivity index (χ2v) is 17.6. The van der Waals surface area contributed by atoms with E-state index in [-0.39, 0.29) is 62.3 Å². The van der Waals surface area contributed by atoms with Gasteiger partial charge in [0.2, 0.25) is 0 Å². The topological polar surface area (TPSA) is 209 Å². The van der Waals surface area contributed by atoms with Gasteiger partial charge in [0.25, 0.3) is 15.9 Å². The highest BCUT2D eigenvalue weighted by molar-refractivity contribution is 7.96. The second-order valence-electron chi connectivity index (χ2n) is 12.8. The Labute approximate surface area is 351 Å². The van der Waals surface area contributed by atoms with Gasteiger partial charge in [-0.05, 0) is 59.0 Å². The van der Waals surface area contributed by atoms with Crippen LogP contribution in [0, 0.1) is 11.3 Å². The first-order chi connectivity index (χ1) is 29.2. The molecule has 0 aliphatic heterocycles. The van der Waals surface area contributed by atoms with E-state index >= 15 is 0 Å². The lowest BCUT2D eigenvalue weighted by atomic mass is 10.1. The molecule has 20 heteroatoms. The highest BCUT2D eigenvalue weighted by atomic mass is 32.3. The monoisotopic (exact) mass is 896 g/mol. The van der Waals surface area contributed by atoms with Crippen molar-refractivity contribution in [2.24, 2.45) is 5.73 Å². The Bertz CT molecular complexity index is 2700. The molecule has 6 rings (SSSR count). The fourth-order valence-electron chi connectivity index (χ4n) is 5.66. The van der Waals surface area contributed by atoms with Gasteiger partial charge in [-0.15, -0.1) is 15.8 Å². The number of benzene rings is 5. The number of nitriles is 1. The lowest BCUT2D eigenvalue weighted by molar-refractivity contribution is -0.137. The summed E-state index contributed by atoms with van der Waals surface area (Å²) in [6.07, 6.45) is -5.00. The van der Waals surface area contributed by atoms with Crippen LogP contribution in [-0.4, -0.2) is 45.5 Å². The van der Waals surface area contributed by atoms with Crippen molar-refractivity contribution in [1.29, 1.82) is 5.26 Å². The molecule has 1 amide bonds. The van der Waals surface area contributed by atoms with Crippen molar-refractivity contribution in [2.75, 3.05) is 26.3 Å². The molecule has 5 aromatic carbocycles. The first kappa shape index (κ1) is 44.4. The smallest absolute Gasteiger partial charge is 0.469 e. The Kier molecular flexibility index (Phi) is 14.2. The number of hydrogen-bond acceptors (Lipinski definition) is 12. The third-order valence-corrected chi connectivity index (χ3v) is 13.2. The van der Waals surface area contributed by atoms with E-state index in [1.807, 2.05) is 60.7 Å². The molecule has 61 heavy (non-hydrogen) atoms. The molecule has 0 saturated heterocycles. The minimum Gasteiger partial charge on any atom is -0.488 e. The van der Waals surface area contributed by atoms with Crippen LogP contribution in [0.5, 0.6) is 28.7 Å². The number of sulfonamides is 1. The summed E-state index contributed by atoms with van der Waals surface area (Å²) in [4.78, 5) is 23.9. The largest absolute Gasteiger partial charge is 0.488 e. The molecule has 1 heterocycles. The van der Waals surface area contributed by atoms with Crippen molar-refractivity contribution in [1.82, 2.24) is 9.81 Å². The summed E-state index contributed by atoms with van der Waals surface area (Å²) in [6, 6.07) is 31.3. The minimum atomic E-state index is -5.36. The quantitative estimate of drug-likeness (QED) is 0.0459. The number of nitrogens with two attached hydrogens (primary N) is 1. The normalized spacial score (nSPS) is 12.5. The van der Waals surface area contributed by atoms with Crippen molar-refractivity contribution in [3.8, 4) is 34.8 Å². The fourth-order valence-corrected chi connectivity index (χ4v) is 9.92. The van der Waals surface area contributed by atoms with Crippen LogP contribution in [0.3, 0.4) is 0 Å². The van der Waals surface area contributed by atoms with Gasteiger partial charge in [-0.2, -0.15) is 18.4 Å². The number of carbonyl (C=O) groups is 1. The maximum absolute atomic E-state index is 13.6. The number of nitrogens with one attached hydrogen (secondary N) is 2. The molecule has 0 fully saturated rings. The first-order valence-electron chi connectivity index (χ1n) is 18.1. The highest BCUT2D eigenvalue weighted by Gasteiger charge is 2.36. The molecule has 0 saturated carbocycles. The SMILES string of the molecule is N#Cc1ccc(OP(=O)(O)NS(=O)(=O)c2cc3cc(OCCNC(=O)c4cccc(OCc5ccccc5)c4OCc4ccccc4)c(OCCN)cc3s2)cc1C(F)(F)F. The molecule has 0 spiro atoms. The standard InChI is InChI=1S/C41H36F3N4O10PS2/c42-41(43,44)33-22-31(15-14-29(33)24-46)58-59(50,51)48-61(52,53)38-21-30-20-35(36(54-18-16-45)23-37(30)60-38)55-19-17-47-40(49)32-12-7-13-34(56-25-27-8-3-1-4-9-27)39(32)57-26-28-10-5-2-6-11-28/h1-15,20-23H,16-19,25-26,45H2,(H,47,49)(H2,48,50,51). The van der Waals surface area contributed by atoms with Crippen molar-refractivity contribution < 1.29 is 59.3 Å². The highest BCUT2D eigenvalue weighted by Crippen LogP contribution is 2.44. The zero-order valence-corrected chi connectivity index (χ0v) is 34.3. The maximum atomic E-state index is 13.6. The second kappa shape index (κ2) is 19.5. The maximum Gasteiger partial charge on any atom is 0.469 e. The van der Waals surface area contributed by atoms with E-state index in [0.717, 1.165) is 23.3 Å². The van der Waals surface area contributed by atoms with Crippen LogP contribution < -0.4 is 39.0 Å². The summed E-state index contributed by atoms with van der Waals surface area (Å²) < 4.78 is 110. The molecule has 1 unspecified atom stereocenters. The van der Waals surface area contributed by atoms with E-state index < -0.39 is 50.9 Å². The van der Waals surface area contributed by atoms with Crippen LogP contribution in [0.1, 0.15) is 32.6 Å². The Hall–Kier alpha value is -6.13. The molecule has 6 aromatic rings. The van der Waals surface area contributed by atoms with E-state index in [1.165, 1.54) is 28.8 Å². The molecule has 1 atom stereocenters. The van der Waals surface area contributed by atoms with E-state index in [9.17, 15) is 35.8 Å². The number of nitrogens with zero attached hydrogens (tertiary/aromatic N) is 1. The summed E-state index contributed by atoms with van der Waals surface area (Å²) in [5.74, 6) is -0.335. The van der Waals surface area contributed by atoms with Crippen LogP contribution in [0.4, 0.5) is 13.2 Å². The van der Waals surface area contributed by atoms with Gasteiger partial charge < -0.3 is 39.4 Å². The number of rotatable bonds is 19. The van der Waals surface area contributed by atoms with Gasteiger partial charge in [0.1, 0.15) is 36.4 Å². The predicted molar refractivity (Wildman–Crippen MR) is 219 cm³/mol. The third-order valence-electron chi connectivity index (χ3n) is 8.41. The predicted octanol–water partition coefficient (Wildman–Crippen LogP) is 7.55. The number of ether oxygens (including phenoxy) is 4. The Balaban J connectivity index is 1.15. The molecule has 14 nitrogen and oxygen atoms in total. The summed E-state index contributed by atoms with van der Waals surface area (Å²) in [6.45, 7) is 0.516. The lowest BCUT2D eigenvalue weighted by Crippen LogP contribution is -2.28. The number of carbonyl (C=O) groups excluding carboxylic acids is 1. The van der Waals surface area contributed by atoms with Crippen LogP contribution in [0.15, 0.2) is 119 Å².